The molecule has 0 radical (unpaired) electrons. The summed E-state index contributed by atoms with van der Waals surface area (Å²) in [5.74, 6) is 1.27. The molecular formula is C29H26N4. The van der Waals surface area contributed by atoms with Crippen LogP contribution in [0.3, 0.4) is 0 Å². The smallest absolute Gasteiger partial charge is 0.145 e. The van der Waals surface area contributed by atoms with E-state index < -0.39 is 0 Å². The molecule has 1 aliphatic heterocycles. The molecule has 0 fully saturated rings. The van der Waals surface area contributed by atoms with Gasteiger partial charge in [-0.25, -0.2) is 4.98 Å². The number of aliphatic imine (C=N–C) groups is 1. The average molecular weight is 431 g/mol. The lowest BCUT2D eigenvalue weighted by molar-refractivity contribution is 0.590. The van der Waals surface area contributed by atoms with Crippen LogP contribution in [0, 0.1) is 0 Å². The minimum absolute atomic E-state index is 0.106. The predicted molar refractivity (Wildman–Crippen MR) is 134 cm³/mol. The summed E-state index contributed by atoms with van der Waals surface area (Å²) >= 11 is 0. The molecule has 2 aliphatic rings. The van der Waals surface area contributed by atoms with Gasteiger partial charge in [0.2, 0.25) is 0 Å². The number of nitrogens with zero attached hydrogens (tertiary/aromatic N) is 4. The maximum atomic E-state index is 5.26. The van der Waals surface area contributed by atoms with Gasteiger partial charge in [0.1, 0.15) is 5.82 Å². The summed E-state index contributed by atoms with van der Waals surface area (Å²) in [6.07, 6.45) is 10.00. The van der Waals surface area contributed by atoms with Gasteiger partial charge in [-0.1, -0.05) is 69.3 Å². The zero-order chi connectivity index (χ0) is 22.6. The van der Waals surface area contributed by atoms with Crippen LogP contribution in [0.15, 0.2) is 90.3 Å². The van der Waals surface area contributed by atoms with E-state index in [2.05, 4.69) is 102 Å². The number of imidazole rings is 1. The Morgan fingerprint density at radius 3 is 2.42 bits per heavy atom. The van der Waals surface area contributed by atoms with Crippen molar-refractivity contribution in [2.75, 3.05) is 0 Å². The van der Waals surface area contributed by atoms with E-state index in [1.165, 1.54) is 16.8 Å². The number of hydrogen-bond acceptors (Lipinski definition) is 3. The van der Waals surface area contributed by atoms with Crippen molar-refractivity contribution in [3.8, 4) is 28.3 Å². The summed E-state index contributed by atoms with van der Waals surface area (Å²) in [6.45, 7) is 6.74. The first kappa shape index (κ1) is 19.9. The fraction of sp³-hybridized carbons (Fsp3) is 0.207. The highest BCUT2D eigenvalue weighted by molar-refractivity contribution is 5.84. The van der Waals surface area contributed by atoms with Gasteiger partial charge in [-0.2, -0.15) is 0 Å². The van der Waals surface area contributed by atoms with Gasteiger partial charge < -0.3 is 0 Å². The maximum absolute atomic E-state index is 5.26. The van der Waals surface area contributed by atoms with E-state index in [-0.39, 0.29) is 17.3 Å². The summed E-state index contributed by atoms with van der Waals surface area (Å²) in [6, 6.07) is 21.5. The van der Waals surface area contributed by atoms with E-state index in [0.29, 0.717) is 0 Å². The van der Waals surface area contributed by atoms with Crippen LogP contribution in [0.2, 0.25) is 0 Å². The highest BCUT2D eigenvalue weighted by Crippen LogP contribution is 2.49. The molecule has 4 heteroatoms. The molecule has 4 nitrogen and oxygen atoms in total. The van der Waals surface area contributed by atoms with Crippen molar-refractivity contribution < 1.29 is 0 Å². The molecule has 0 spiro atoms. The van der Waals surface area contributed by atoms with E-state index in [1.54, 1.807) is 0 Å². The minimum atomic E-state index is 0.106. The van der Waals surface area contributed by atoms with Crippen LogP contribution in [0.4, 0.5) is 0 Å². The summed E-state index contributed by atoms with van der Waals surface area (Å²) in [5.41, 5.74) is 8.24. The number of fused-ring (bicyclic) bond motifs is 6. The second-order valence-corrected chi connectivity index (χ2v) is 9.82. The van der Waals surface area contributed by atoms with Crippen LogP contribution in [0.25, 0.3) is 28.3 Å². The average Bonchev–Trinajstić information content (AvgIpc) is 3.25. The van der Waals surface area contributed by atoms with Gasteiger partial charge in [0.15, 0.2) is 0 Å². The summed E-state index contributed by atoms with van der Waals surface area (Å²) in [7, 11) is 0. The van der Waals surface area contributed by atoms with E-state index in [9.17, 15) is 0 Å². The third-order valence-corrected chi connectivity index (χ3v) is 6.73. The third-order valence-electron chi connectivity index (χ3n) is 6.73. The quantitative estimate of drug-likeness (QED) is 0.356. The van der Waals surface area contributed by atoms with Gasteiger partial charge in [0, 0.05) is 53.5 Å². The Kier molecular flexibility index (Phi) is 4.44. The second-order valence-electron chi connectivity index (χ2n) is 9.82. The Bertz CT molecular complexity index is 1390. The fourth-order valence-electron chi connectivity index (χ4n) is 5.01. The Hall–Kier alpha value is -3.79. The van der Waals surface area contributed by atoms with Gasteiger partial charge in [-0.3, -0.25) is 14.5 Å². The monoisotopic (exact) mass is 430 g/mol. The Balaban J connectivity index is 1.65. The normalized spacial score (nSPS) is 18.5. The molecular weight excluding hydrogens is 404 g/mol. The lowest BCUT2D eigenvalue weighted by Gasteiger charge is -2.31. The Labute approximate surface area is 194 Å². The summed E-state index contributed by atoms with van der Waals surface area (Å²) in [4.78, 5) is 14.2. The van der Waals surface area contributed by atoms with E-state index in [0.717, 1.165) is 28.3 Å². The first-order chi connectivity index (χ1) is 16.0. The molecule has 0 saturated heterocycles. The third kappa shape index (κ3) is 3.17. The lowest BCUT2D eigenvalue weighted by atomic mass is 9.76. The highest BCUT2D eigenvalue weighted by Gasteiger charge is 2.38. The van der Waals surface area contributed by atoms with Gasteiger partial charge in [-0.15, -0.1) is 0 Å². The zero-order valence-corrected chi connectivity index (χ0v) is 19.1. The zero-order valence-electron chi connectivity index (χ0n) is 19.1. The topological polar surface area (TPSA) is 43.1 Å². The molecule has 2 aromatic heterocycles. The number of allylic oxidation sites excluding steroid dienone is 1. The predicted octanol–water partition coefficient (Wildman–Crippen LogP) is 6.68. The molecule has 2 unspecified atom stereocenters. The lowest BCUT2D eigenvalue weighted by Crippen LogP contribution is -2.22. The molecule has 0 bridgehead atoms. The molecule has 0 saturated carbocycles. The number of pyridine rings is 1. The van der Waals surface area contributed by atoms with Gasteiger partial charge >= 0.3 is 0 Å². The largest absolute Gasteiger partial charge is 0.295 e. The van der Waals surface area contributed by atoms with Crippen molar-refractivity contribution in [1.29, 1.82) is 0 Å². The number of benzene rings is 2. The Morgan fingerprint density at radius 2 is 1.67 bits per heavy atom. The molecule has 3 heterocycles. The SMILES string of the molecule is CC(C)(C)c1ccc(-n2c(-c3ccccc3)nc3c2C2C=CN=CC2c2cnccc2-3)cc1. The van der Waals surface area contributed by atoms with E-state index in [4.69, 9.17) is 4.98 Å². The van der Waals surface area contributed by atoms with Crippen molar-refractivity contribution in [3.63, 3.8) is 0 Å². The summed E-state index contributed by atoms with van der Waals surface area (Å²) in [5, 5.41) is 0. The molecule has 4 aromatic rings. The number of rotatable bonds is 2. The first-order valence-corrected chi connectivity index (χ1v) is 11.5. The Morgan fingerprint density at radius 1 is 0.879 bits per heavy atom. The van der Waals surface area contributed by atoms with Crippen molar-refractivity contribution >= 4 is 6.21 Å². The molecule has 0 amide bonds. The van der Waals surface area contributed by atoms with Crippen LogP contribution >= 0.6 is 0 Å². The van der Waals surface area contributed by atoms with Crippen LogP contribution in [0.5, 0.6) is 0 Å². The molecule has 0 N–H and O–H groups in total. The molecule has 2 aromatic carbocycles. The van der Waals surface area contributed by atoms with Gasteiger partial charge in [0.05, 0.1) is 11.4 Å². The van der Waals surface area contributed by atoms with Crippen molar-refractivity contribution in [2.24, 2.45) is 4.99 Å². The van der Waals surface area contributed by atoms with E-state index in [1.807, 2.05) is 24.7 Å². The first-order valence-electron chi connectivity index (χ1n) is 11.5. The van der Waals surface area contributed by atoms with Crippen molar-refractivity contribution in [3.05, 3.63) is 102 Å². The van der Waals surface area contributed by atoms with Crippen LogP contribution in [-0.2, 0) is 5.41 Å². The van der Waals surface area contributed by atoms with Gasteiger partial charge in [-0.05, 0) is 34.7 Å². The molecule has 162 valence electrons. The maximum Gasteiger partial charge on any atom is 0.145 e. The van der Waals surface area contributed by atoms with Crippen molar-refractivity contribution in [2.45, 2.75) is 38.0 Å². The van der Waals surface area contributed by atoms with Crippen molar-refractivity contribution in [1.82, 2.24) is 14.5 Å². The van der Waals surface area contributed by atoms with Crippen LogP contribution < -0.4 is 0 Å². The molecule has 33 heavy (non-hydrogen) atoms. The molecule has 1 aliphatic carbocycles. The van der Waals surface area contributed by atoms with Crippen LogP contribution in [0.1, 0.15) is 49.4 Å². The molecule has 2 atom stereocenters. The molecule has 6 rings (SSSR count). The van der Waals surface area contributed by atoms with E-state index >= 15 is 0 Å². The van der Waals surface area contributed by atoms with Gasteiger partial charge in [0.25, 0.3) is 0 Å². The second kappa shape index (κ2) is 7.38. The fourth-order valence-corrected chi connectivity index (χ4v) is 5.01. The highest BCUT2D eigenvalue weighted by atomic mass is 15.1. The van der Waals surface area contributed by atoms with Crippen LogP contribution in [-0.4, -0.2) is 20.7 Å². The number of aromatic nitrogens is 3. The standard InChI is InChI=1S/C29H26N4/c1-29(2,3)20-9-11-21(12-10-20)33-27-23-14-16-31-18-25(23)24-17-30-15-13-22(24)26(27)32-28(33)19-7-5-4-6-8-19/h4-18,23,25H,1-3H3. The summed E-state index contributed by atoms with van der Waals surface area (Å²) < 4.78 is 2.35. The minimum Gasteiger partial charge on any atom is -0.295 e. The number of hydrogen-bond donors (Lipinski definition) is 0.